The monoisotopic (exact) mass is 155 g/mol. The smallest absolute Gasteiger partial charge is 0.133 e. The second kappa shape index (κ2) is 3.86. The van der Waals surface area contributed by atoms with E-state index in [0.29, 0.717) is 24.7 Å². The molecule has 1 aliphatic carbocycles. The maximum Gasteiger partial charge on any atom is 0.133 e. The standard InChI is InChI=1S/C9H17NO/c1-7-5-8(7)6-9(11)3-2-4-10/h7-8H,2-6,10H2,1H3. The van der Waals surface area contributed by atoms with Crippen molar-refractivity contribution in [3.63, 3.8) is 0 Å². The molecule has 0 aromatic heterocycles. The van der Waals surface area contributed by atoms with Crippen molar-refractivity contribution < 1.29 is 4.79 Å². The third-order valence-corrected chi connectivity index (χ3v) is 2.43. The van der Waals surface area contributed by atoms with Crippen molar-refractivity contribution in [3.8, 4) is 0 Å². The summed E-state index contributed by atoms with van der Waals surface area (Å²) in [6.45, 7) is 2.85. The third-order valence-electron chi connectivity index (χ3n) is 2.43. The maximum atomic E-state index is 11.1. The van der Waals surface area contributed by atoms with Gasteiger partial charge in [-0.3, -0.25) is 4.79 Å². The zero-order valence-electron chi connectivity index (χ0n) is 7.18. The summed E-state index contributed by atoms with van der Waals surface area (Å²) in [6, 6.07) is 0. The molecule has 0 saturated heterocycles. The number of nitrogens with two attached hydrogens (primary N) is 1. The highest BCUT2D eigenvalue weighted by atomic mass is 16.1. The summed E-state index contributed by atoms with van der Waals surface area (Å²) in [5.41, 5.74) is 5.30. The summed E-state index contributed by atoms with van der Waals surface area (Å²) in [5, 5.41) is 0. The Kier molecular flexibility index (Phi) is 3.06. The van der Waals surface area contributed by atoms with Crippen LogP contribution in [0.15, 0.2) is 0 Å². The molecular weight excluding hydrogens is 138 g/mol. The molecule has 0 amide bonds. The molecule has 11 heavy (non-hydrogen) atoms. The molecule has 2 unspecified atom stereocenters. The Morgan fingerprint density at radius 3 is 2.73 bits per heavy atom. The van der Waals surface area contributed by atoms with E-state index in [-0.39, 0.29) is 0 Å². The molecule has 0 radical (unpaired) electrons. The first-order chi connectivity index (χ1) is 5.24. The molecule has 2 atom stereocenters. The molecule has 1 rings (SSSR count). The van der Waals surface area contributed by atoms with Gasteiger partial charge in [-0.05, 0) is 31.2 Å². The fourth-order valence-electron chi connectivity index (χ4n) is 1.38. The van der Waals surface area contributed by atoms with Crippen LogP contribution in [0.25, 0.3) is 0 Å². The molecule has 0 aromatic carbocycles. The summed E-state index contributed by atoms with van der Waals surface area (Å²) in [5.74, 6) is 1.92. The Morgan fingerprint density at radius 2 is 2.27 bits per heavy atom. The van der Waals surface area contributed by atoms with Crippen LogP contribution < -0.4 is 5.73 Å². The van der Waals surface area contributed by atoms with E-state index in [1.807, 2.05) is 0 Å². The van der Waals surface area contributed by atoms with Crippen LogP contribution in [-0.2, 0) is 4.79 Å². The highest BCUT2D eigenvalue weighted by Crippen LogP contribution is 2.40. The summed E-state index contributed by atoms with van der Waals surface area (Å²) in [6.07, 6.45) is 3.62. The Labute approximate surface area is 68.2 Å². The number of ketones is 1. The Hall–Kier alpha value is -0.370. The lowest BCUT2D eigenvalue weighted by atomic mass is 10.1. The van der Waals surface area contributed by atoms with Crippen LogP contribution >= 0.6 is 0 Å². The van der Waals surface area contributed by atoms with E-state index in [2.05, 4.69) is 6.92 Å². The van der Waals surface area contributed by atoms with E-state index in [1.165, 1.54) is 6.42 Å². The summed E-state index contributed by atoms with van der Waals surface area (Å²) >= 11 is 0. The van der Waals surface area contributed by atoms with E-state index in [9.17, 15) is 4.79 Å². The van der Waals surface area contributed by atoms with E-state index in [1.54, 1.807) is 0 Å². The van der Waals surface area contributed by atoms with E-state index in [0.717, 1.165) is 18.8 Å². The van der Waals surface area contributed by atoms with Crippen LogP contribution in [-0.4, -0.2) is 12.3 Å². The lowest BCUT2D eigenvalue weighted by Crippen LogP contribution is -2.05. The average Bonchev–Trinajstić information content (AvgIpc) is 2.62. The van der Waals surface area contributed by atoms with Crippen molar-refractivity contribution >= 4 is 5.78 Å². The zero-order valence-corrected chi connectivity index (χ0v) is 7.18. The minimum Gasteiger partial charge on any atom is -0.330 e. The number of carbonyl (C=O) groups is 1. The van der Waals surface area contributed by atoms with Crippen LogP contribution in [0.4, 0.5) is 0 Å². The predicted octanol–water partition coefficient (Wildman–Crippen LogP) is 1.34. The van der Waals surface area contributed by atoms with Gasteiger partial charge in [-0.2, -0.15) is 0 Å². The summed E-state index contributed by atoms with van der Waals surface area (Å²) < 4.78 is 0. The van der Waals surface area contributed by atoms with Crippen LogP contribution in [0.1, 0.15) is 32.6 Å². The fraction of sp³-hybridized carbons (Fsp3) is 0.889. The normalized spacial score (nSPS) is 28.5. The van der Waals surface area contributed by atoms with Gasteiger partial charge >= 0.3 is 0 Å². The molecule has 0 aromatic rings. The number of Topliss-reactive ketones (excluding diaryl/α,β-unsaturated/α-hetero) is 1. The number of hydrogen-bond donors (Lipinski definition) is 1. The van der Waals surface area contributed by atoms with E-state index >= 15 is 0 Å². The third kappa shape index (κ3) is 3.02. The average molecular weight is 155 g/mol. The second-order valence-electron chi connectivity index (χ2n) is 3.61. The van der Waals surface area contributed by atoms with Crippen molar-refractivity contribution in [2.75, 3.05) is 6.54 Å². The quantitative estimate of drug-likeness (QED) is 0.651. The molecule has 0 spiro atoms. The maximum absolute atomic E-state index is 11.1. The van der Waals surface area contributed by atoms with Crippen LogP contribution in [0.5, 0.6) is 0 Å². The fourth-order valence-corrected chi connectivity index (χ4v) is 1.38. The second-order valence-corrected chi connectivity index (χ2v) is 3.61. The molecular formula is C9H17NO. The van der Waals surface area contributed by atoms with Gasteiger partial charge in [0.05, 0.1) is 0 Å². The minimum absolute atomic E-state index is 0.407. The lowest BCUT2D eigenvalue weighted by Gasteiger charge is -1.96. The predicted molar refractivity (Wildman–Crippen MR) is 45.2 cm³/mol. The lowest BCUT2D eigenvalue weighted by molar-refractivity contribution is -0.119. The van der Waals surface area contributed by atoms with Gasteiger partial charge < -0.3 is 5.73 Å². The molecule has 0 bridgehead atoms. The molecule has 2 heteroatoms. The van der Waals surface area contributed by atoms with Gasteiger partial charge in [0.2, 0.25) is 0 Å². The van der Waals surface area contributed by atoms with Crippen molar-refractivity contribution in [1.82, 2.24) is 0 Å². The van der Waals surface area contributed by atoms with Crippen LogP contribution in [0.2, 0.25) is 0 Å². The largest absolute Gasteiger partial charge is 0.330 e. The molecule has 2 nitrogen and oxygen atoms in total. The van der Waals surface area contributed by atoms with E-state index < -0.39 is 0 Å². The number of hydrogen-bond acceptors (Lipinski definition) is 2. The van der Waals surface area contributed by atoms with Crippen LogP contribution in [0, 0.1) is 11.8 Å². The number of carbonyl (C=O) groups excluding carboxylic acids is 1. The van der Waals surface area contributed by atoms with Crippen molar-refractivity contribution in [3.05, 3.63) is 0 Å². The van der Waals surface area contributed by atoms with Crippen LogP contribution in [0.3, 0.4) is 0 Å². The molecule has 1 aliphatic rings. The molecule has 64 valence electrons. The van der Waals surface area contributed by atoms with Gasteiger partial charge in [-0.1, -0.05) is 6.92 Å². The molecule has 0 aliphatic heterocycles. The summed E-state index contributed by atoms with van der Waals surface area (Å²) in [4.78, 5) is 11.1. The minimum atomic E-state index is 0.407. The van der Waals surface area contributed by atoms with Crippen molar-refractivity contribution in [2.24, 2.45) is 17.6 Å². The Balaban J connectivity index is 2.02. The van der Waals surface area contributed by atoms with Gasteiger partial charge in [-0.25, -0.2) is 0 Å². The molecule has 1 saturated carbocycles. The first kappa shape index (κ1) is 8.72. The van der Waals surface area contributed by atoms with Gasteiger partial charge in [0.1, 0.15) is 5.78 Å². The highest BCUT2D eigenvalue weighted by Gasteiger charge is 2.33. The SMILES string of the molecule is CC1CC1CC(=O)CCCN. The van der Waals surface area contributed by atoms with Crippen molar-refractivity contribution in [1.29, 1.82) is 0 Å². The van der Waals surface area contributed by atoms with Gasteiger partial charge in [0.25, 0.3) is 0 Å². The van der Waals surface area contributed by atoms with Gasteiger partial charge in [0, 0.05) is 12.8 Å². The Bertz CT molecular complexity index is 144. The van der Waals surface area contributed by atoms with Crippen molar-refractivity contribution in [2.45, 2.75) is 32.6 Å². The zero-order chi connectivity index (χ0) is 8.27. The highest BCUT2D eigenvalue weighted by molar-refractivity contribution is 5.78. The summed E-state index contributed by atoms with van der Waals surface area (Å²) in [7, 11) is 0. The molecule has 1 fully saturated rings. The molecule has 0 heterocycles. The first-order valence-corrected chi connectivity index (χ1v) is 4.45. The van der Waals surface area contributed by atoms with Gasteiger partial charge in [-0.15, -0.1) is 0 Å². The van der Waals surface area contributed by atoms with Gasteiger partial charge in [0.15, 0.2) is 0 Å². The number of rotatable bonds is 5. The Morgan fingerprint density at radius 1 is 1.64 bits per heavy atom. The van der Waals surface area contributed by atoms with E-state index in [4.69, 9.17) is 5.73 Å². The molecule has 2 N–H and O–H groups in total. The first-order valence-electron chi connectivity index (χ1n) is 4.45. The topological polar surface area (TPSA) is 43.1 Å².